The molecule has 1 heterocycles. The number of rotatable bonds is 4. The van der Waals surface area contributed by atoms with Gasteiger partial charge >= 0.3 is 5.97 Å². The molecule has 0 aliphatic heterocycles. The monoisotopic (exact) mass is 189 g/mol. The lowest BCUT2D eigenvalue weighted by Gasteiger charge is -2.06. The minimum Gasteiger partial charge on any atom is -0.480 e. The first kappa shape index (κ1) is 9.02. The lowest BCUT2D eigenvalue weighted by atomic mass is 10.2. The van der Waals surface area contributed by atoms with Gasteiger partial charge in [-0.05, 0) is 11.8 Å². The van der Waals surface area contributed by atoms with Crippen LogP contribution in [-0.2, 0) is 11.2 Å². The van der Waals surface area contributed by atoms with Gasteiger partial charge < -0.3 is 10.1 Å². The van der Waals surface area contributed by atoms with Crippen LogP contribution in [0.5, 0.6) is 0 Å². The van der Waals surface area contributed by atoms with Crippen molar-refractivity contribution in [2.24, 2.45) is 0 Å². The van der Waals surface area contributed by atoms with Crippen LogP contribution in [0.4, 0.5) is 0 Å². The minimum atomic E-state index is -0.986. The van der Waals surface area contributed by atoms with Crippen molar-refractivity contribution >= 4 is 17.7 Å². The van der Waals surface area contributed by atoms with Gasteiger partial charge in [0.1, 0.15) is 6.04 Å². The van der Waals surface area contributed by atoms with E-state index >= 15 is 0 Å². The molecule has 0 bridgehead atoms. The normalized spacial score (nSPS) is 12.8. The van der Waals surface area contributed by atoms with Crippen molar-refractivity contribution in [1.82, 2.24) is 14.8 Å². The van der Waals surface area contributed by atoms with Gasteiger partial charge in [0.05, 0.1) is 6.33 Å². The van der Waals surface area contributed by atoms with E-state index in [4.69, 9.17) is 16.9 Å². The molecule has 1 rings (SSSR count). The van der Waals surface area contributed by atoms with Crippen LogP contribution in [0.3, 0.4) is 0 Å². The Balaban J connectivity index is 2.54. The average Bonchev–Trinajstić information content (AvgIpc) is 2.51. The Hall–Kier alpha value is -1.07. The van der Waals surface area contributed by atoms with Crippen LogP contribution in [0.15, 0.2) is 12.5 Å². The fourth-order valence-electron chi connectivity index (χ4n) is 0.789. The second-order valence-electron chi connectivity index (χ2n) is 2.28. The van der Waals surface area contributed by atoms with E-state index in [2.05, 4.69) is 14.8 Å². The number of aromatic nitrogens is 2. The average molecular weight is 190 g/mol. The van der Waals surface area contributed by atoms with Gasteiger partial charge in [0, 0.05) is 18.3 Å². The number of hydrogen-bond acceptors (Lipinski definition) is 3. The molecule has 0 spiro atoms. The molecule has 0 amide bonds. The highest BCUT2D eigenvalue weighted by Gasteiger charge is 2.16. The number of aliphatic carboxylic acids is 1. The highest BCUT2D eigenvalue weighted by Crippen LogP contribution is 1.98. The first-order valence-electron chi connectivity index (χ1n) is 3.30. The topological polar surface area (TPSA) is 78.0 Å². The summed E-state index contributed by atoms with van der Waals surface area (Å²) in [6.45, 7) is 0. The Morgan fingerprint density at radius 3 is 3.08 bits per heavy atom. The molecule has 1 aromatic heterocycles. The predicted molar refractivity (Wildman–Crippen MR) is 42.7 cm³/mol. The van der Waals surface area contributed by atoms with Crippen LogP contribution in [0, 0.1) is 0 Å². The molecule has 0 fully saturated rings. The largest absolute Gasteiger partial charge is 0.480 e. The SMILES string of the molecule is O=C(O)C(Cc1cnc[nH]1)NCl. The van der Waals surface area contributed by atoms with Gasteiger partial charge in [-0.25, -0.2) is 9.82 Å². The second kappa shape index (κ2) is 4.08. The van der Waals surface area contributed by atoms with Crippen molar-refractivity contribution in [2.45, 2.75) is 12.5 Å². The molecule has 1 unspecified atom stereocenters. The highest BCUT2D eigenvalue weighted by atomic mass is 35.5. The molecule has 3 N–H and O–H groups in total. The summed E-state index contributed by atoms with van der Waals surface area (Å²) >= 11 is 5.21. The zero-order chi connectivity index (χ0) is 8.97. The summed E-state index contributed by atoms with van der Waals surface area (Å²) in [4.78, 5) is 19.2. The summed E-state index contributed by atoms with van der Waals surface area (Å²) in [5.74, 6) is -0.986. The fraction of sp³-hybridized carbons (Fsp3) is 0.333. The summed E-state index contributed by atoms with van der Waals surface area (Å²) < 4.78 is 0. The fourth-order valence-corrected chi connectivity index (χ4v) is 0.959. The number of carboxylic acid groups (broad SMARTS) is 1. The molecular formula is C6H8ClN3O2. The van der Waals surface area contributed by atoms with Crippen LogP contribution in [0.1, 0.15) is 5.69 Å². The van der Waals surface area contributed by atoms with Gasteiger partial charge in [-0.2, -0.15) is 0 Å². The van der Waals surface area contributed by atoms with Gasteiger partial charge in [-0.3, -0.25) is 4.79 Å². The van der Waals surface area contributed by atoms with E-state index in [1.54, 1.807) is 6.20 Å². The minimum absolute atomic E-state index is 0.291. The quantitative estimate of drug-likeness (QED) is 0.590. The van der Waals surface area contributed by atoms with Gasteiger partial charge in [0.15, 0.2) is 0 Å². The van der Waals surface area contributed by atoms with E-state index in [1.165, 1.54) is 6.33 Å². The van der Waals surface area contributed by atoms with Crippen molar-refractivity contribution in [3.63, 3.8) is 0 Å². The predicted octanol–water partition coefficient (Wildman–Crippen LogP) is 0.149. The maximum Gasteiger partial charge on any atom is 0.322 e. The summed E-state index contributed by atoms with van der Waals surface area (Å²) in [6.07, 6.45) is 3.34. The van der Waals surface area contributed by atoms with E-state index < -0.39 is 12.0 Å². The number of nitrogens with zero attached hydrogens (tertiary/aromatic N) is 1. The maximum absolute atomic E-state index is 10.5. The zero-order valence-electron chi connectivity index (χ0n) is 6.12. The molecule has 1 atom stereocenters. The van der Waals surface area contributed by atoms with E-state index in [0.29, 0.717) is 6.42 Å². The van der Waals surface area contributed by atoms with Crippen LogP contribution in [-0.4, -0.2) is 27.1 Å². The standard InChI is InChI=1S/C6H8ClN3O2/c7-10-5(6(11)12)1-4-2-8-3-9-4/h2-3,5,10H,1H2,(H,8,9)(H,11,12). The van der Waals surface area contributed by atoms with Crippen molar-refractivity contribution in [3.05, 3.63) is 18.2 Å². The van der Waals surface area contributed by atoms with Crippen molar-refractivity contribution in [3.8, 4) is 0 Å². The molecule has 1 aromatic rings. The number of carbonyl (C=O) groups is 1. The summed E-state index contributed by atoms with van der Waals surface area (Å²) in [6, 6.07) is -0.785. The molecule has 0 aromatic carbocycles. The maximum atomic E-state index is 10.5. The molecule has 0 saturated heterocycles. The Morgan fingerprint density at radius 2 is 2.67 bits per heavy atom. The number of nitrogens with one attached hydrogen (secondary N) is 2. The molecule has 0 aliphatic carbocycles. The van der Waals surface area contributed by atoms with Gasteiger partial charge in [0.25, 0.3) is 0 Å². The highest BCUT2D eigenvalue weighted by molar-refractivity contribution is 6.14. The molecule has 5 nitrogen and oxygen atoms in total. The van der Waals surface area contributed by atoms with E-state index in [1.807, 2.05) is 0 Å². The number of halogens is 1. The van der Waals surface area contributed by atoms with Crippen LogP contribution in [0.25, 0.3) is 0 Å². The third-order valence-corrected chi connectivity index (χ3v) is 1.67. The second-order valence-corrected chi connectivity index (χ2v) is 2.50. The number of hydrogen-bond donors (Lipinski definition) is 3. The summed E-state index contributed by atoms with van der Waals surface area (Å²) in [5, 5.41) is 8.59. The Morgan fingerprint density at radius 1 is 1.92 bits per heavy atom. The van der Waals surface area contributed by atoms with Crippen LogP contribution in [0.2, 0.25) is 0 Å². The third-order valence-electron chi connectivity index (χ3n) is 1.41. The molecule has 6 heteroatoms. The van der Waals surface area contributed by atoms with Gasteiger partial charge in [0.2, 0.25) is 0 Å². The third kappa shape index (κ3) is 2.21. The first-order valence-corrected chi connectivity index (χ1v) is 3.68. The molecule has 0 radical (unpaired) electrons. The Labute approximate surface area is 73.9 Å². The van der Waals surface area contributed by atoms with Crippen LogP contribution < -0.4 is 4.84 Å². The lowest BCUT2D eigenvalue weighted by Crippen LogP contribution is -2.32. The first-order chi connectivity index (χ1) is 5.74. The molecule has 12 heavy (non-hydrogen) atoms. The van der Waals surface area contributed by atoms with E-state index in [0.717, 1.165) is 5.69 Å². The summed E-state index contributed by atoms with van der Waals surface area (Å²) in [5.41, 5.74) is 0.732. The van der Waals surface area contributed by atoms with Crippen molar-refractivity contribution in [2.75, 3.05) is 0 Å². The van der Waals surface area contributed by atoms with Crippen molar-refractivity contribution < 1.29 is 9.90 Å². The van der Waals surface area contributed by atoms with Gasteiger partial charge in [-0.1, -0.05) is 0 Å². The molecular weight excluding hydrogens is 182 g/mol. The van der Waals surface area contributed by atoms with E-state index in [9.17, 15) is 4.79 Å². The summed E-state index contributed by atoms with van der Waals surface area (Å²) in [7, 11) is 0. The van der Waals surface area contributed by atoms with E-state index in [-0.39, 0.29) is 0 Å². The zero-order valence-corrected chi connectivity index (χ0v) is 6.88. The molecule has 66 valence electrons. The Kier molecular flexibility index (Phi) is 3.07. The number of H-pyrrole nitrogens is 1. The molecule has 0 saturated carbocycles. The number of aromatic amines is 1. The van der Waals surface area contributed by atoms with Crippen molar-refractivity contribution in [1.29, 1.82) is 0 Å². The number of carboxylic acids is 1. The number of imidazole rings is 1. The van der Waals surface area contributed by atoms with Gasteiger partial charge in [-0.15, -0.1) is 0 Å². The van der Waals surface area contributed by atoms with Crippen LogP contribution >= 0.6 is 11.8 Å². The Bertz CT molecular complexity index is 249. The smallest absolute Gasteiger partial charge is 0.322 e. The molecule has 0 aliphatic rings. The lowest BCUT2D eigenvalue weighted by molar-refractivity contribution is -0.138.